The Kier molecular flexibility index (Phi) is 4.35. The minimum Gasteiger partial charge on any atom is -0.397 e. The number of morpholine rings is 1. The molecule has 0 bridgehead atoms. The van der Waals surface area contributed by atoms with Crippen molar-refractivity contribution in [1.29, 1.82) is 0 Å². The minimum atomic E-state index is -3.53. The molecule has 0 aromatic heterocycles. The van der Waals surface area contributed by atoms with Gasteiger partial charge in [-0.1, -0.05) is 18.5 Å². The summed E-state index contributed by atoms with van der Waals surface area (Å²) in [5.74, 6) is 0. The number of benzene rings is 1. The predicted octanol–water partition coefficient (Wildman–Crippen LogP) is 1.72. The van der Waals surface area contributed by atoms with Gasteiger partial charge in [-0.15, -0.1) is 0 Å². The normalized spacial score (nSPS) is 21.5. The van der Waals surface area contributed by atoms with Crippen molar-refractivity contribution < 1.29 is 13.2 Å². The molecular formula is C12H17ClN2O3S. The molecule has 0 saturated carbocycles. The molecule has 1 aromatic rings. The summed E-state index contributed by atoms with van der Waals surface area (Å²) < 4.78 is 31.9. The number of anilines is 1. The Labute approximate surface area is 118 Å². The molecular weight excluding hydrogens is 288 g/mol. The average Bonchev–Trinajstić information content (AvgIpc) is 2.41. The highest BCUT2D eigenvalue weighted by atomic mass is 35.5. The van der Waals surface area contributed by atoms with Gasteiger partial charge in [0.15, 0.2) is 0 Å². The van der Waals surface area contributed by atoms with E-state index in [1.807, 2.05) is 6.92 Å². The Hall–Kier alpha value is -0.820. The largest absolute Gasteiger partial charge is 0.397 e. The zero-order chi connectivity index (χ0) is 14.0. The van der Waals surface area contributed by atoms with Gasteiger partial charge in [-0.05, 0) is 24.6 Å². The standard InChI is InChI=1S/C12H17ClN2O3S/c1-2-9-8-15(5-6-18-9)19(16,17)10-3-4-11(13)12(14)7-10/h3-4,7,9H,2,5-6,8,14H2,1H3. The van der Waals surface area contributed by atoms with Crippen LogP contribution in [0.2, 0.25) is 5.02 Å². The van der Waals surface area contributed by atoms with Gasteiger partial charge in [0.05, 0.1) is 28.3 Å². The number of ether oxygens (including phenoxy) is 1. The predicted molar refractivity (Wildman–Crippen MR) is 74.7 cm³/mol. The molecule has 106 valence electrons. The quantitative estimate of drug-likeness (QED) is 0.863. The second-order valence-corrected chi connectivity index (χ2v) is 6.79. The van der Waals surface area contributed by atoms with E-state index in [0.717, 1.165) is 6.42 Å². The van der Waals surface area contributed by atoms with Crippen LogP contribution in [-0.4, -0.2) is 38.5 Å². The fourth-order valence-electron chi connectivity index (χ4n) is 1.99. The van der Waals surface area contributed by atoms with Gasteiger partial charge in [-0.25, -0.2) is 8.42 Å². The third-order valence-electron chi connectivity index (χ3n) is 3.16. The summed E-state index contributed by atoms with van der Waals surface area (Å²) in [4.78, 5) is 0.172. The first-order chi connectivity index (χ1) is 8.95. The van der Waals surface area contributed by atoms with Crippen LogP contribution in [0.25, 0.3) is 0 Å². The average molecular weight is 305 g/mol. The first-order valence-corrected chi connectivity index (χ1v) is 7.93. The molecule has 2 rings (SSSR count). The number of nitrogens with zero attached hydrogens (tertiary/aromatic N) is 1. The lowest BCUT2D eigenvalue weighted by Crippen LogP contribution is -2.45. The lowest BCUT2D eigenvalue weighted by Gasteiger charge is -2.31. The van der Waals surface area contributed by atoms with Crippen molar-refractivity contribution in [3.63, 3.8) is 0 Å². The first kappa shape index (κ1) is 14.6. The van der Waals surface area contributed by atoms with Crippen molar-refractivity contribution in [2.75, 3.05) is 25.4 Å². The number of hydrogen-bond acceptors (Lipinski definition) is 4. The second-order valence-electron chi connectivity index (χ2n) is 4.45. The summed E-state index contributed by atoms with van der Waals surface area (Å²) in [6.07, 6.45) is 0.738. The topological polar surface area (TPSA) is 72.6 Å². The Bertz CT molecular complexity index is 562. The minimum absolute atomic E-state index is 0.0480. The second kappa shape index (κ2) is 5.66. The van der Waals surface area contributed by atoms with Crippen molar-refractivity contribution in [2.24, 2.45) is 0 Å². The highest BCUT2D eigenvalue weighted by Gasteiger charge is 2.30. The van der Waals surface area contributed by atoms with Crippen LogP contribution in [0.15, 0.2) is 23.1 Å². The molecule has 2 N–H and O–H groups in total. The molecule has 1 aromatic carbocycles. The summed E-state index contributed by atoms with van der Waals surface area (Å²) in [5, 5.41) is 0.354. The first-order valence-electron chi connectivity index (χ1n) is 6.12. The summed E-state index contributed by atoms with van der Waals surface area (Å²) in [7, 11) is -3.53. The van der Waals surface area contributed by atoms with E-state index in [4.69, 9.17) is 22.1 Å². The molecule has 1 fully saturated rings. The molecule has 0 radical (unpaired) electrons. The van der Waals surface area contributed by atoms with Gasteiger partial charge in [0.25, 0.3) is 0 Å². The van der Waals surface area contributed by atoms with Gasteiger partial charge in [0, 0.05) is 13.1 Å². The van der Waals surface area contributed by atoms with Crippen LogP contribution in [0.1, 0.15) is 13.3 Å². The van der Waals surface area contributed by atoms with E-state index in [9.17, 15) is 8.42 Å². The van der Waals surface area contributed by atoms with Gasteiger partial charge in [-0.2, -0.15) is 4.31 Å². The molecule has 0 spiro atoms. The van der Waals surface area contributed by atoms with Crippen LogP contribution in [0.4, 0.5) is 5.69 Å². The number of rotatable bonds is 3. The fourth-order valence-corrected chi connectivity index (χ4v) is 3.60. The Morgan fingerprint density at radius 2 is 2.26 bits per heavy atom. The van der Waals surface area contributed by atoms with Crippen molar-refractivity contribution >= 4 is 27.3 Å². The Balaban J connectivity index is 2.28. The van der Waals surface area contributed by atoms with Crippen LogP contribution in [0.5, 0.6) is 0 Å². The SMILES string of the molecule is CCC1CN(S(=O)(=O)c2ccc(Cl)c(N)c2)CCO1. The van der Waals surface area contributed by atoms with Gasteiger partial charge in [0.1, 0.15) is 0 Å². The van der Waals surface area contributed by atoms with Gasteiger partial charge >= 0.3 is 0 Å². The van der Waals surface area contributed by atoms with Gasteiger partial charge < -0.3 is 10.5 Å². The van der Waals surface area contributed by atoms with Crippen molar-refractivity contribution in [2.45, 2.75) is 24.3 Å². The maximum Gasteiger partial charge on any atom is 0.243 e. The molecule has 1 unspecified atom stereocenters. The fraction of sp³-hybridized carbons (Fsp3) is 0.500. The van der Waals surface area contributed by atoms with Crippen LogP contribution in [0.3, 0.4) is 0 Å². The molecule has 0 aliphatic carbocycles. The smallest absolute Gasteiger partial charge is 0.243 e. The highest BCUT2D eigenvalue weighted by Crippen LogP contribution is 2.25. The van der Waals surface area contributed by atoms with E-state index in [1.165, 1.54) is 22.5 Å². The number of halogens is 1. The maximum absolute atomic E-state index is 12.5. The molecule has 1 aliphatic rings. The highest BCUT2D eigenvalue weighted by molar-refractivity contribution is 7.89. The van der Waals surface area contributed by atoms with Gasteiger partial charge in [-0.3, -0.25) is 0 Å². The third kappa shape index (κ3) is 3.02. The molecule has 1 saturated heterocycles. The molecule has 1 atom stereocenters. The molecule has 0 amide bonds. The molecule has 7 heteroatoms. The van der Waals surface area contributed by atoms with Crippen LogP contribution in [0, 0.1) is 0 Å². The summed E-state index contributed by atoms with van der Waals surface area (Å²) >= 11 is 5.81. The Morgan fingerprint density at radius 3 is 2.89 bits per heavy atom. The Morgan fingerprint density at radius 1 is 1.53 bits per heavy atom. The summed E-state index contributed by atoms with van der Waals surface area (Å²) in [6.45, 7) is 3.13. The number of sulfonamides is 1. The molecule has 19 heavy (non-hydrogen) atoms. The van der Waals surface area contributed by atoms with E-state index < -0.39 is 10.0 Å². The van der Waals surface area contributed by atoms with Crippen LogP contribution < -0.4 is 5.73 Å². The monoisotopic (exact) mass is 304 g/mol. The number of nitrogens with two attached hydrogens (primary N) is 1. The lowest BCUT2D eigenvalue weighted by atomic mass is 10.2. The van der Waals surface area contributed by atoms with E-state index in [0.29, 0.717) is 24.7 Å². The molecule has 5 nitrogen and oxygen atoms in total. The zero-order valence-electron chi connectivity index (χ0n) is 10.7. The van der Waals surface area contributed by atoms with E-state index in [1.54, 1.807) is 0 Å². The van der Waals surface area contributed by atoms with Crippen LogP contribution >= 0.6 is 11.6 Å². The molecule has 1 aliphatic heterocycles. The van der Waals surface area contributed by atoms with Crippen molar-refractivity contribution in [3.05, 3.63) is 23.2 Å². The van der Waals surface area contributed by atoms with Gasteiger partial charge in [0.2, 0.25) is 10.0 Å². The number of hydrogen-bond donors (Lipinski definition) is 1. The van der Waals surface area contributed by atoms with E-state index >= 15 is 0 Å². The lowest BCUT2D eigenvalue weighted by molar-refractivity contribution is -0.00277. The van der Waals surface area contributed by atoms with E-state index in [2.05, 4.69) is 0 Å². The van der Waals surface area contributed by atoms with E-state index in [-0.39, 0.29) is 16.7 Å². The van der Waals surface area contributed by atoms with Crippen LogP contribution in [-0.2, 0) is 14.8 Å². The van der Waals surface area contributed by atoms with Crippen molar-refractivity contribution in [3.8, 4) is 0 Å². The zero-order valence-corrected chi connectivity index (χ0v) is 12.2. The summed E-state index contributed by atoms with van der Waals surface area (Å²) in [5.41, 5.74) is 5.93. The number of nitrogen functional groups attached to an aromatic ring is 1. The van der Waals surface area contributed by atoms with Crippen molar-refractivity contribution in [1.82, 2.24) is 4.31 Å². The maximum atomic E-state index is 12.5. The third-order valence-corrected chi connectivity index (χ3v) is 5.37. The molecule has 1 heterocycles. The summed E-state index contributed by atoms with van der Waals surface area (Å²) in [6, 6.07) is 4.38.